The Morgan fingerprint density at radius 1 is 1.33 bits per heavy atom. The van der Waals surface area contributed by atoms with E-state index in [9.17, 15) is 0 Å². The maximum absolute atomic E-state index is 4.27. The number of nitrogens with one attached hydrogen (secondary N) is 2. The Morgan fingerprint density at radius 2 is 2.20 bits per heavy atom. The summed E-state index contributed by atoms with van der Waals surface area (Å²) in [6, 6.07) is 6.01. The number of aromatic nitrogens is 1. The first-order chi connectivity index (χ1) is 7.36. The van der Waals surface area contributed by atoms with Crippen molar-refractivity contribution in [2.75, 3.05) is 20.1 Å². The molecule has 2 N–H and O–H groups in total. The van der Waals surface area contributed by atoms with Gasteiger partial charge in [0.25, 0.3) is 0 Å². The maximum atomic E-state index is 4.27. The monoisotopic (exact) mass is 207 g/mol. The minimum Gasteiger partial charge on any atom is -0.319 e. The molecule has 0 aliphatic rings. The van der Waals surface area contributed by atoms with Crippen molar-refractivity contribution in [1.82, 2.24) is 15.6 Å². The van der Waals surface area contributed by atoms with Crippen molar-refractivity contribution >= 4 is 0 Å². The van der Waals surface area contributed by atoms with Gasteiger partial charge in [-0.1, -0.05) is 19.4 Å². The molecule has 1 atom stereocenters. The van der Waals surface area contributed by atoms with Gasteiger partial charge in [-0.3, -0.25) is 4.98 Å². The second kappa shape index (κ2) is 7.37. The van der Waals surface area contributed by atoms with Gasteiger partial charge >= 0.3 is 0 Å². The number of rotatable bonds is 7. The molecule has 84 valence electrons. The molecular weight excluding hydrogens is 186 g/mol. The van der Waals surface area contributed by atoms with E-state index in [4.69, 9.17) is 0 Å². The molecule has 0 bridgehead atoms. The van der Waals surface area contributed by atoms with Gasteiger partial charge in [-0.15, -0.1) is 0 Å². The summed E-state index contributed by atoms with van der Waals surface area (Å²) in [5, 5.41) is 6.65. The molecule has 1 heterocycles. The molecule has 0 aliphatic heterocycles. The Labute approximate surface area is 92.3 Å². The fourth-order valence-electron chi connectivity index (χ4n) is 1.56. The standard InChI is InChI=1S/C12H21N3/c1-3-11(8-13-2)9-14-10-12-6-4-5-7-15-12/h4-7,11,13-14H,3,8-10H2,1-2H3. The molecule has 1 aromatic rings. The normalized spacial score (nSPS) is 12.7. The van der Waals surface area contributed by atoms with Crippen LogP contribution in [0.1, 0.15) is 19.0 Å². The lowest BCUT2D eigenvalue weighted by atomic mass is 10.1. The van der Waals surface area contributed by atoms with Gasteiger partial charge in [0.2, 0.25) is 0 Å². The lowest BCUT2D eigenvalue weighted by Gasteiger charge is -2.14. The Morgan fingerprint density at radius 3 is 2.80 bits per heavy atom. The minimum atomic E-state index is 0.707. The third kappa shape index (κ3) is 4.91. The van der Waals surface area contributed by atoms with Crippen LogP contribution in [0.2, 0.25) is 0 Å². The van der Waals surface area contributed by atoms with Gasteiger partial charge in [-0.25, -0.2) is 0 Å². The van der Waals surface area contributed by atoms with Gasteiger partial charge < -0.3 is 10.6 Å². The molecule has 0 amide bonds. The number of hydrogen-bond donors (Lipinski definition) is 2. The smallest absolute Gasteiger partial charge is 0.0541 e. The van der Waals surface area contributed by atoms with Gasteiger partial charge in [0.05, 0.1) is 5.69 Å². The van der Waals surface area contributed by atoms with Crippen LogP contribution in [-0.4, -0.2) is 25.1 Å². The van der Waals surface area contributed by atoms with Crippen molar-refractivity contribution in [2.45, 2.75) is 19.9 Å². The molecule has 0 fully saturated rings. The Kier molecular flexibility index (Phi) is 5.97. The van der Waals surface area contributed by atoms with Crippen LogP contribution < -0.4 is 10.6 Å². The summed E-state index contributed by atoms with van der Waals surface area (Å²) in [6.45, 7) is 5.21. The number of pyridine rings is 1. The molecule has 0 saturated heterocycles. The Bertz CT molecular complexity index is 248. The van der Waals surface area contributed by atoms with E-state index < -0.39 is 0 Å². The molecule has 3 nitrogen and oxygen atoms in total. The summed E-state index contributed by atoms with van der Waals surface area (Å²) in [7, 11) is 2.00. The Balaban J connectivity index is 2.20. The van der Waals surface area contributed by atoms with Crippen LogP contribution >= 0.6 is 0 Å². The molecule has 0 aliphatic carbocycles. The second-order valence-electron chi connectivity index (χ2n) is 3.78. The molecule has 15 heavy (non-hydrogen) atoms. The SMILES string of the molecule is CCC(CNC)CNCc1ccccn1. The molecule has 1 aromatic heterocycles. The van der Waals surface area contributed by atoms with E-state index in [2.05, 4.69) is 22.5 Å². The molecule has 1 unspecified atom stereocenters. The highest BCUT2D eigenvalue weighted by molar-refractivity contribution is 5.02. The van der Waals surface area contributed by atoms with E-state index in [1.807, 2.05) is 31.4 Å². The van der Waals surface area contributed by atoms with Crippen molar-refractivity contribution in [2.24, 2.45) is 5.92 Å². The molecule has 3 heteroatoms. The van der Waals surface area contributed by atoms with Crippen LogP contribution in [0.25, 0.3) is 0 Å². The fraction of sp³-hybridized carbons (Fsp3) is 0.583. The average Bonchev–Trinajstić information content (AvgIpc) is 2.29. The van der Waals surface area contributed by atoms with Crippen LogP contribution in [0.15, 0.2) is 24.4 Å². The summed E-state index contributed by atoms with van der Waals surface area (Å²) in [5.74, 6) is 0.707. The number of nitrogens with zero attached hydrogens (tertiary/aromatic N) is 1. The number of hydrogen-bond acceptors (Lipinski definition) is 3. The predicted octanol–water partition coefficient (Wildman–Crippen LogP) is 1.42. The first kappa shape index (κ1) is 12.1. The summed E-state index contributed by atoms with van der Waals surface area (Å²) in [4.78, 5) is 4.27. The highest BCUT2D eigenvalue weighted by Gasteiger charge is 2.03. The molecule has 1 rings (SSSR count). The largest absolute Gasteiger partial charge is 0.319 e. The zero-order chi connectivity index (χ0) is 10.9. The zero-order valence-corrected chi connectivity index (χ0v) is 9.66. The highest BCUT2D eigenvalue weighted by atomic mass is 14.9. The van der Waals surface area contributed by atoms with E-state index in [1.165, 1.54) is 6.42 Å². The topological polar surface area (TPSA) is 37.0 Å². The van der Waals surface area contributed by atoms with Crippen molar-refractivity contribution in [1.29, 1.82) is 0 Å². The first-order valence-electron chi connectivity index (χ1n) is 5.62. The van der Waals surface area contributed by atoms with Gasteiger partial charge in [-0.2, -0.15) is 0 Å². The van der Waals surface area contributed by atoms with Crippen molar-refractivity contribution in [3.05, 3.63) is 30.1 Å². The molecule has 0 radical (unpaired) electrons. The molecule has 0 aromatic carbocycles. The molecular formula is C12H21N3. The Hall–Kier alpha value is -0.930. The quantitative estimate of drug-likeness (QED) is 0.710. The molecule has 0 saturated carbocycles. The van der Waals surface area contributed by atoms with Crippen molar-refractivity contribution in [3.8, 4) is 0 Å². The first-order valence-corrected chi connectivity index (χ1v) is 5.62. The fourth-order valence-corrected chi connectivity index (χ4v) is 1.56. The minimum absolute atomic E-state index is 0.707. The summed E-state index contributed by atoms with van der Waals surface area (Å²) >= 11 is 0. The molecule has 0 spiro atoms. The summed E-state index contributed by atoms with van der Waals surface area (Å²) < 4.78 is 0. The van der Waals surface area contributed by atoms with Gasteiger partial charge in [0.15, 0.2) is 0 Å². The van der Waals surface area contributed by atoms with E-state index in [0.717, 1.165) is 25.3 Å². The van der Waals surface area contributed by atoms with Crippen LogP contribution in [-0.2, 0) is 6.54 Å². The van der Waals surface area contributed by atoms with Crippen LogP contribution in [0.5, 0.6) is 0 Å². The van der Waals surface area contributed by atoms with E-state index >= 15 is 0 Å². The van der Waals surface area contributed by atoms with E-state index in [0.29, 0.717) is 5.92 Å². The lowest BCUT2D eigenvalue weighted by molar-refractivity contribution is 0.443. The highest BCUT2D eigenvalue weighted by Crippen LogP contribution is 1.99. The van der Waals surface area contributed by atoms with Crippen LogP contribution in [0.3, 0.4) is 0 Å². The second-order valence-corrected chi connectivity index (χ2v) is 3.78. The predicted molar refractivity (Wildman–Crippen MR) is 63.7 cm³/mol. The van der Waals surface area contributed by atoms with Crippen molar-refractivity contribution in [3.63, 3.8) is 0 Å². The lowest BCUT2D eigenvalue weighted by Crippen LogP contribution is -2.29. The maximum Gasteiger partial charge on any atom is 0.0541 e. The summed E-state index contributed by atoms with van der Waals surface area (Å²) in [6.07, 6.45) is 3.04. The van der Waals surface area contributed by atoms with Crippen LogP contribution in [0.4, 0.5) is 0 Å². The summed E-state index contributed by atoms with van der Waals surface area (Å²) in [5.41, 5.74) is 1.11. The van der Waals surface area contributed by atoms with Gasteiger partial charge in [0, 0.05) is 12.7 Å². The van der Waals surface area contributed by atoms with Crippen molar-refractivity contribution < 1.29 is 0 Å². The van der Waals surface area contributed by atoms with Crippen LogP contribution in [0, 0.1) is 5.92 Å². The average molecular weight is 207 g/mol. The van der Waals surface area contributed by atoms with E-state index in [-0.39, 0.29) is 0 Å². The third-order valence-electron chi connectivity index (χ3n) is 2.54. The van der Waals surface area contributed by atoms with E-state index in [1.54, 1.807) is 0 Å². The van der Waals surface area contributed by atoms with Gasteiger partial charge in [0.1, 0.15) is 0 Å². The zero-order valence-electron chi connectivity index (χ0n) is 9.66. The third-order valence-corrected chi connectivity index (χ3v) is 2.54. The van der Waals surface area contributed by atoms with Gasteiger partial charge in [-0.05, 0) is 38.2 Å².